The molecule has 0 bridgehead atoms. The van der Waals surface area contributed by atoms with Crippen molar-refractivity contribution in [2.75, 3.05) is 11.4 Å². The van der Waals surface area contributed by atoms with Crippen molar-refractivity contribution in [3.63, 3.8) is 0 Å². The third-order valence-electron chi connectivity index (χ3n) is 12.3. The molecule has 1 saturated heterocycles. The Morgan fingerprint density at radius 3 is 0.903 bits per heavy atom. The third-order valence-corrected chi connectivity index (χ3v) is 12.3. The number of rotatable bonds is 7. The first kappa shape index (κ1) is 42.6. The van der Waals surface area contributed by atoms with Crippen molar-refractivity contribution in [1.82, 2.24) is 9.97 Å². The number of nitrogens with zero attached hydrogens (tertiary/aromatic N) is 3. The van der Waals surface area contributed by atoms with E-state index in [-0.39, 0.29) is 27.6 Å². The molecule has 3 heterocycles. The summed E-state index contributed by atoms with van der Waals surface area (Å²) in [6, 6.07) is 46.3. The fourth-order valence-corrected chi connectivity index (χ4v) is 7.90. The molecule has 0 unspecified atom stereocenters. The van der Waals surface area contributed by atoms with Crippen LogP contribution in [0.5, 0.6) is 0 Å². The van der Waals surface area contributed by atoms with Gasteiger partial charge in [-0.05, 0) is 132 Å². The lowest BCUT2D eigenvalue weighted by atomic mass is 9.79. The summed E-state index contributed by atoms with van der Waals surface area (Å²) in [5.41, 5.74) is 19.3. The molecule has 62 heavy (non-hydrogen) atoms. The van der Waals surface area contributed by atoms with Crippen molar-refractivity contribution in [2.45, 2.75) is 105 Å². The number of anilines is 1. The number of pyridine rings is 2. The van der Waals surface area contributed by atoms with Crippen LogP contribution in [0, 0.1) is 0 Å². The molecule has 1 amide bonds. The van der Waals surface area contributed by atoms with Crippen LogP contribution < -0.4 is 4.90 Å². The highest BCUT2D eigenvalue weighted by Gasteiger charge is 2.32. The number of hydrogen-bond donors (Lipinski definition) is 0. The topological polar surface area (TPSA) is 45.9 Å². The van der Waals surface area contributed by atoms with E-state index in [0.717, 1.165) is 72.7 Å². The zero-order chi connectivity index (χ0) is 44.4. The Morgan fingerprint density at radius 2 is 0.645 bits per heavy atom. The lowest BCUT2D eigenvalue weighted by Crippen LogP contribution is -2.16. The maximum absolute atomic E-state index is 12.4. The van der Waals surface area contributed by atoms with Crippen molar-refractivity contribution in [3.05, 3.63) is 162 Å². The molecule has 2 aromatic heterocycles. The first-order valence-electron chi connectivity index (χ1n) is 22.0. The number of carbonyl (C=O) groups excluding carboxylic acids is 1. The molecular weight excluding hydrogens is 755 g/mol. The minimum atomic E-state index is 0.0396. The molecule has 8 rings (SSSR count). The van der Waals surface area contributed by atoms with Gasteiger partial charge in [0.2, 0.25) is 5.91 Å². The second kappa shape index (κ2) is 15.6. The molecule has 1 aliphatic rings. The van der Waals surface area contributed by atoms with Gasteiger partial charge in [-0.25, -0.2) is 0 Å². The van der Waals surface area contributed by atoms with Gasteiger partial charge in [-0.3, -0.25) is 14.8 Å². The average molecular weight is 816 g/mol. The second-order valence-electron chi connectivity index (χ2n) is 21.4. The molecule has 0 radical (unpaired) electrons. The summed E-state index contributed by atoms with van der Waals surface area (Å²) >= 11 is 0. The van der Waals surface area contributed by atoms with E-state index in [2.05, 4.69) is 210 Å². The summed E-state index contributed by atoms with van der Waals surface area (Å²) in [7, 11) is 0. The van der Waals surface area contributed by atoms with Crippen LogP contribution in [-0.4, -0.2) is 22.4 Å². The lowest BCUT2D eigenvalue weighted by Gasteiger charge is -2.26. The van der Waals surface area contributed by atoms with Crippen LogP contribution in [0.4, 0.5) is 5.69 Å². The minimum absolute atomic E-state index is 0.0396. The van der Waals surface area contributed by atoms with E-state index in [1.54, 1.807) is 0 Å². The van der Waals surface area contributed by atoms with Crippen LogP contribution in [0.2, 0.25) is 0 Å². The summed E-state index contributed by atoms with van der Waals surface area (Å²) < 4.78 is 0. The molecular formula is C58H61N3O. The molecule has 0 saturated carbocycles. The van der Waals surface area contributed by atoms with Crippen LogP contribution in [0.1, 0.15) is 105 Å². The first-order chi connectivity index (χ1) is 29.1. The first-order valence-corrected chi connectivity index (χ1v) is 22.0. The predicted molar refractivity (Wildman–Crippen MR) is 262 cm³/mol. The SMILES string of the molecule is CC(C)(C)c1cc(-c2ccc(-c3ccc(-c4cc(-c5ccc(-c6ccc(-c7cc(C(C)(C)C)cc(C(C)(C)C)c7)nc6)cc5)cc(N5CC5=O)c4)cc3)cn2)cc(C(C)(C)C)c1. The van der Waals surface area contributed by atoms with Crippen molar-refractivity contribution >= 4 is 11.6 Å². The fraction of sp³-hybridized carbons (Fsp3) is 0.293. The standard InChI is InChI=1S/C58H61N3O/c1-55(2,3)47-26-45(27-48(32-47)56(4,5)6)52-23-21-41(34-59-52)37-13-17-39(18-14-37)43-25-44(31-51(30-43)61-36-54(61)62)40-19-15-38(16-20-40)42-22-24-53(60-35-42)46-28-49(57(7,8)9)33-50(29-46)58(10,11)12/h13-35H,36H2,1-12H3. The maximum Gasteiger partial charge on any atom is 0.247 e. The van der Waals surface area contributed by atoms with Gasteiger partial charge in [0.25, 0.3) is 0 Å². The highest BCUT2D eigenvalue weighted by molar-refractivity contribution is 6.12. The molecule has 314 valence electrons. The van der Waals surface area contributed by atoms with Gasteiger partial charge in [-0.1, -0.05) is 156 Å². The number of carbonyl (C=O) groups is 1. The Labute approximate surface area is 370 Å². The molecule has 4 nitrogen and oxygen atoms in total. The molecule has 5 aromatic carbocycles. The van der Waals surface area contributed by atoms with Crippen molar-refractivity contribution in [2.24, 2.45) is 0 Å². The predicted octanol–water partition coefficient (Wildman–Crippen LogP) is 15.0. The van der Waals surface area contributed by atoms with E-state index < -0.39 is 0 Å². The van der Waals surface area contributed by atoms with Crippen molar-refractivity contribution in [1.29, 1.82) is 0 Å². The molecule has 0 atom stereocenters. The number of benzene rings is 5. The normalized spacial score (nSPS) is 13.4. The Hall–Kier alpha value is -6.13. The zero-order valence-corrected chi connectivity index (χ0v) is 38.7. The number of amides is 1. The van der Waals surface area contributed by atoms with Crippen LogP contribution >= 0.6 is 0 Å². The zero-order valence-electron chi connectivity index (χ0n) is 38.7. The highest BCUT2D eigenvalue weighted by Crippen LogP contribution is 2.38. The molecule has 7 aromatic rings. The van der Waals surface area contributed by atoms with E-state index in [9.17, 15) is 4.79 Å². The van der Waals surface area contributed by atoms with Crippen LogP contribution in [0.3, 0.4) is 0 Å². The van der Waals surface area contributed by atoms with E-state index in [1.807, 2.05) is 17.3 Å². The van der Waals surface area contributed by atoms with Gasteiger partial charge in [0, 0.05) is 40.3 Å². The van der Waals surface area contributed by atoms with Crippen LogP contribution in [0.15, 0.2) is 140 Å². The van der Waals surface area contributed by atoms with E-state index in [0.29, 0.717) is 6.54 Å². The average Bonchev–Trinajstić information content (AvgIpc) is 3.98. The van der Waals surface area contributed by atoms with E-state index >= 15 is 0 Å². The summed E-state index contributed by atoms with van der Waals surface area (Å²) in [6.07, 6.45) is 3.97. The molecule has 0 aliphatic carbocycles. The van der Waals surface area contributed by atoms with Gasteiger partial charge < -0.3 is 4.90 Å². The number of aromatic nitrogens is 2. The van der Waals surface area contributed by atoms with E-state index in [4.69, 9.17) is 9.97 Å². The quantitative estimate of drug-likeness (QED) is 0.151. The summed E-state index contributed by atoms with van der Waals surface area (Å²) in [5.74, 6) is 0.144. The Morgan fingerprint density at radius 1 is 0.355 bits per heavy atom. The molecule has 4 heteroatoms. The monoisotopic (exact) mass is 815 g/mol. The summed E-state index contributed by atoms with van der Waals surface area (Å²) in [5, 5.41) is 0. The molecule has 1 aliphatic heterocycles. The van der Waals surface area contributed by atoms with Gasteiger partial charge in [0.1, 0.15) is 6.54 Å². The third kappa shape index (κ3) is 9.21. The molecule has 1 fully saturated rings. The van der Waals surface area contributed by atoms with Gasteiger partial charge >= 0.3 is 0 Å². The largest absolute Gasteiger partial charge is 0.301 e. The van der Waals surface area contributed by atoms with E-state index in [1.165, 1.54) is 22.3 Å². The van der Waals surface area contributed by atoms with Crippen molar-refractivity contribution < 1.29 is 4.79 Å². The number of hydrogen-bond acceptors (Lipinski definition) is 3. The molecule has 0 spiro atoms. The minimum Gasteiger partial charge on any atom is -0.301 e. The Balaban J connectivity index is 1.03. The smallest absolute Gasteiger partial charge is 0.247 e. The van der Waals surface area contributed by atoms with Crippen molar-refractivity contribution in [3.8, 4) is 67.0 Å². The van der Waals surface area contributed by atoms with Gasteiger partial charge in [-0.2, -0.15) is 0 Å². The van der Waals surface area contributed by atoms with Gasteiger partial charge in [0.15, 0.2) is 0 Å². The molecule has 0 N–H and O–H groups in total. The lowest BCUT2D eigenvalue weighted by molar-refractivity contribution is -0.109. The fourth-order valence-electron chi connectivity index (χ4n) is 7.90. The maximum atomic E-state index is 12.4. The Kier molecular flexibility index (Phi) is 10.7. The summed E-state index contributed by atoms with van der Waals surface area (Å²) in [6.45, 7) is 27.7. The van der Waals surface area contributed by atoms with Gasteiger partial charge in [-0.15, -0.1) is 0 Å². The second-order valence-corrected chi connectivity index (χ2v) is 21.4. The highest BCUT2D eigenvalue weighted by atomic mass is 16.2. The van der Waals surface area contributed by atoms with Crippen LogP contribution in [0.25, 0.3) is 67.0 Å². The van der Waals surface area contributed by atoms with Crippen LogP contribution in [-0.2, 0) is 26.5 Å². The van der Waals surface area contributed by atoms with Gasteiger partial charge in [0.05, 0.1) is 11.4 Å². The Bertz CT molecular complexity index is 2520. The summed E-state index contributed by atoms with van der Waals surface area (Å²) in [4.78, 5) is 24.1.